The number of hydrogen-bond donors (Lipinski definition) is 2. The van der Waals surface area contributed by atoms with Crippen molar-refractivity contribution in [1.29, 1.82) is 0 Å². The van der Waals surface area contributed by atoms with E-state index in [2.05, 4.69) is 10.6 Å². The third-order valence-electron chi connectivity index (χ3n) is 4.14. The second kappa shape index (κ2) is 7.21. The lowest BCUT2D eigenvalue weighted by Gasteiger charge is -2.24. The van der Waals surface area contributed by atoms with Crippen LogP contribution in [0.1, 0.15) is 24.2 Å². The van der Waals surface area contributed by atoms with E-state index in [4.69, 9.17) is 4.42 Å². The Morgan fingerprint density at radius 1 is 1.25 bits per heavy atom. The number of carbonyl (C=O) groups excluding carboxylic acids is 2. The molecular weight excluding hydrogens is 306 g/mol. The van der Waals surface area contributed by atoms with Crippen LogP contribution < -0.4 is 10.6 Å². The summed E-state index contributed by atoms with van der Waals surface area (Å²) in [4.78, 5) is 26.4. The van der Waals surface area contributed by atoms with E-state index >= 15 is 0 Å². The molecule has 1 unspecified atom stereocenters. The van der Waals surface area contributed by atoms with Crippen molar-refractivity contribution in [3.8, 4) is 0 Å². The fraction of sp³-hybridized carbons (Fsp3) is 0.333. The van der Waals surface area contributed by atoms with Crippen LogP contribution in [0.2, 0.25) is 0 Å². The van der Waals surface area contributed by atoms with Gasteiger partial charge in [-0.1, -0.05) is 17.7 Å². The van der Waals surface area contributed by atoms with E-state index in [0.717, 1.165) is 17.7 Å². The molecular formula is C18H21N3O3. The van der Waals surface area contributed by atoms with Gasteiger partial charge in [0.15, 0.2) is 0 Å². The first-order chi connectivity index (χ1) is 11.6. The summed E-state index contributed by atoms with van der Waals surface area (Å²) < 4.78 is 5.20. The summed E-state index contributed by atoms with van der Waals surface area (Å²) in [5.74, 6) is 0.542. The summed E-state index contributed by atoms with van der Waals surface area (Å²) in [6.07, 6.45) is 3.06. The van der Waals surface area contributed by atoms with Crippen molar-refractivity contribution in [2.24, 2.45) is 0 Å². The average molecular weight is 327 g/mol. The molecule has 6 nitrogen and oxygen atoms in total. The lowest BCUT2D eigenvalue weighted by atomic mass is 10.2. The molecule has 0 spiro atoms. The van der Waals surface area contributed by atoms with Gasteiger partial charge in [0.2, 0.25) is 5.91 Å². The number of nitrogens with zero attached hydrogens (tertiary/aromatic N) is 1. The standard InChI is InChI=1S/C18H21N3O3/c1-13-6-8-14(9-7-13)20-18(23)21-10-2-5-16(21)17(22)19-12-15-4-3-11-24-15/h3-4,6-9,11,16H,2,5,10,12H2,1H3,(H,19,22)(H,20,23). The number of rotatable bonds is 4. The van der Waals surface area contributed by atoms with Crippen molar-refractivity contribution < 1.29 is 14.0 Å². The Labute approximate surface area is 140 Å². The van der Waals surface area contributed by atoms with Gasteiger partial charge >= 0.3 is 6.03 Å². The number of anilines is 1. The van der Waals surface area contributed by atoms with E-state index in [1.807, 2.05) is 31.2 Å². The summed E-state index contributed by atoms with van der Waals surface area (Å²) in [5, 5.41) is 5.68. The van der Waals surface area contributed by atoms with Gasteiger partial charge < -0.3 is 20.0 Å². The highest BCUT2D eigenvalue weighted by atomic mass is 16.3. The van der Waals surface area contributed by atoms with E-state index < -0.39 is 6.04 Å². The Kier molecular flexibility index (Phi) is 4.84. The van der Waals surface area contributed by atoms with Crippen LogP contribution in [-0.2, 0) is 11.3 Å². The van der Waals surface area contributed by atoms with E-state index in [0.29, 0.717) is 25.3 Å². The highest BCUT2D eigenvalue weighted by Gasteiger charge is 2.34. The van der Waals surface area contributed by atoms with Gasteiger partial charge in [0.25, 0.3) is 0 Å². The summed E-state index contributed by atoms with van der Waals surface area (Å²) in [7, 11) is 0. The second-order valence-electron chi connectivity index (χ2n) is 5.94. The van der Waals surface area contributed by atoms with Gasteiger partial charge in [-0.25, -0.2) is 4.79 Å². The van der Waals surface area contributed by atoms with Crippen molar-refractivity contribution in [3.05, 3.63) is 54.0 Å². The minimum Gasteiger partial charge on any atom is -0.467 e. The van der Waals surface area contributed by atoms with Gasteiger partial charge in [-0.15, -0.1) is 0 Å². The number of hydrogen-bond acceptors (Lipinski definition) is 3. The van der Waals surface area contributed by atoms with Crippen molar-refractivity contribution in [3.63, 3.8) is 0 Å². The summed E-state index contributed by atoms with van der Waals surface area (Å²) in [6, 6.07) is 10.5. The Hall–Kier alpha value is -2.76. The monoisotopic (exact) mass is 327 g/mol. The minimum absolute atomic E-state index is 0.150. The molecule has 2 aromatic rings. The van der Waals surface area contributed by atoms with Crippen LogP contribution >= 0.6 is 0 Å². The molecule has 1 aliphatic rings. The second-order valence-corrected chi connectivity index (χ2v) is 5.94. The Morgan fingerprint density at radius 3 is 2.75 bits per heavy atom. The molecule has 1 aliphatic heterocycles. The van der Waals surface area contributed by atoms with E-state index in [9.17, 15) is 9.59 Å². The van der Waals surface area contributed by atoms with Crippen LogP contribution in [0.3, 0.4) is 0 Å². The first kappa shape index (κ1) is 16.1. The first-order valence-corrected chi connectivity index (χ1v) is 8.08. The molecule has 0 saturated carbocycles. The van der Waals surface area contributed by atoms with Crippen molar-refractivity contribution in [2.45, 2.75) is 32.4 Å². The summed E-state index contributed by atoms with van der Waals surface area (Å²) >= 11 is 0. The fourth-order valence-corrected chi connectivity index (χ4v) is 2.82. The van der Waals surface area contributed by atoms with Crippen LogP contribution in [0.25, 0.3) is 0 Å². The summed E-state index contributed by atoms with van der Waals surface area (Å²) in [6.45, 7) is 2.90. The zero-order chi connectivity index (χ0) is 16.9. The number of carbonyl (C=O) groups is 2. The molecule has 6 heteroatoms. The number of nitrogens with one attached hydrogen (secondary N) is 2. The predicted molar refractivity (Wildman–Crippen MR) is 90.5 cm³/mol. The zero-order valence-corrected chi connectivity index (χ0v) is 13.6. The highest BCUT2D eigenvalue weighted by Crippen LogP contribution is 2.19. The number of furan rings is 1. The minimum atomic E-state index is -0.439. The molecule has 1 saturated heterocycles. The SMILES string of the molecule is Cc1ccc(NC(=O)N2CCCC2C(=O)NCc2ccco2)cc1. The number of benzene rings is 1. The molecule has 0 bridgehead atoms. The van der Waals surface area contributed by atoms with Gasteiger partial charge in [0, 0.05) is 12.2 Å². The van der Waals surface area contributed by atoms with E-state index in [1.54, 1.807) is 23.3 Å². The molecule has 126 valence electrons. The van der Waals surface area contributed by atoms with Gasteiger partial charge in [-0.05, 0) is 44.0 Å². The number of urea groups is 1. The predicted octanol–water partition coefficient (Wildman–Crippen LogP) is 2.90. The molecule has 3 rings (SSSR count). The van der Waals surface area contributed by atoms with Crippen LogP contribution in [-0.4, -0.2) is 29.4 Å². The largest absolute Gasteiger partial charge is 0.467 e. The Bertz CT molecular complexity index is 695. The molecule has 1 fully saturated rings. The van der Waals surface area contributed by atoms with Gasteiger partial charge in [0.05, 0.1) is 12.8 Å². The lowest BCUT2D eigenvalue weighted by molar-refractivity contribution is -0.124. The van der Waals surface area contributed by atoms with Crippen molar-refractivity contribution >= 4 is 17.6 Å². The van der Waals surface area contributed by atoms with Crippen LogP contribution in [0.4, 0.5) is 10.5 Å². The molecule has 2 heterocycles. The normalized spacial score (nSPS) is 16.9. The smallest absolute Gasteiger partial charge is 0.322 e. The van der Waals surface area contributed by atoms with Crippen LogP contribution in [0.15, 0.2) is 47.1 Å². The molecule has 0 radical (unpaired) electrons. The van der Waals surface area contributed by atoms with Gasteiger partial charge in [0.1, 0.15) is 11.8 Å². The third kappa shape index (κ3) is 3.76. The summed E-state index contributed by atoms with van der Waals surface area (Å²) in [5.41, 5.74) is 1.86. The molecule has 0 aliphatic carbocycles. The van der Waals surface area contributed by atoms with Gasteiger partial charge in [-0.2, -0.15) is 0 Å². The molecule has 1 atom stereocenters. The zero-order valence-electron chi connectivity index (χ0n) is 13.6. The maximum atomic E-state index is 12.5. The number of aryl methyl sites for hydroxylation is 1. The maximum Gasteiger partial charge on any atom is 0.322 e. The topological polar surface area (TPSA) is 74.6 Å². The Morgan fingerprint density at radius 2 is 2.04 bits per heavy atom. The van der Waals surface area contributed by atoms with E-state index in [-0.39, 0.29) is 11.9 Å². The van der Waals surface area contributed by atoms with Crippen molar-refractivity contribution in [2.75, 3.05) is 11.9 Å². The molecule has 3 amide bonds. The van der Waals surface area contributed by atoms with Crippen LogP contribution in [0.5, 0.6) is 0 Å². The molecule has 24 heavy (non-hydrogen) atoms. The molecule has 1 aromatic carbocycles. The van der Waals surface area contributed by atoms with E-state index in [1.165, 1.54) is 0 Å². The molecule has 2 N–H and O–H groups in total. The number of amides is 3. The third-order valence-corrected chi connectivity index (χ3v) is 4.14. The molecule has 1 aromatic heterocycles. The lowest BCUT2D eigenvalue weighted by Crippen LogP contribution is -2.47. The average Bonchev–Trinajstić information content (AvgIpc) is 3.26. The first-order valence-electron chi connectivity index (χ1n) is 8.08. The van der Waals surface area contributed by atoms with Crippen LogP contribution in [0, 0.1) is 6.92 Å². The Balaban J connectivity index is 1.58. The van der Waals surface area contributed by atoms with Gasteiger partial charge in [-0.3, -0.25) is 4.79 Å². The highest BCUT2D eigenvalue weighted by molar-refractivity contribution is 5.94. The maximum absolute atomic E-state index is 12.5. The fourth-order valence-electron chi connectivity index (χ4n) is 2.82. The number of likely N-dealkylation sites (tertiary alicyclic amines) is 1. The quantitative estimate of drug-likeness (QED) is 0.907. The van der Waals surface area contributed by atoms with Crippen molar-refractivity contribution in [1.82, 2.24) is 10.2 Å².